The zero-order valence-electron chi connectivity index (χ0n) is 25.8. The van der Waals surface area contributed by atoms with Gasteiger partial charge in [-0.2, -0.15) is 4.98 Å². The maximum Gasteiger partial charge on any atom is 0.410 e. The van der Waals surface area contributed by atoms with Crippen molar-refractivity contribution in [2.24, 2.45) is 5.92 Å². The van der Waals surface area contributed by atoms with Crippen LogP contribution in [0.3, 0.4) is 0 Å². The smallest absolute Gasteiger partial charge is 0.410 e. The van der Waals surface area contributed by atoms with Gasteiger partial charge in [-0.1, -0.05) is 13.3 Å². The second kappa shape index (κ2) is 14.6. The van der Waals surface area contributed by atoms with Crippen LogP contribution in [0.2, 0.25) is 0 Å². The van der Waals surface area contributed by atoms with Crippen LogP contribution in [0.25, 0.3) is 11.3 Å². The standard InChI is InChI=1S/C30H47N7O5S/c1-5-6-15-31-28-33-20-25(27(36-28)35-22-7-9-23(38)10-8-22)26-12-11-24(19-32-26)43(40,41)34-18-21-13-16-37(17-14-21)29(39)42-30(2,3)4/h11-12,19-23,34,38H,5-10,13-18H2,1-4H3,(H2,31,33,35,36). The summed E-state index contributed by atoms with van der Waals surface area (Å²) in [7, 11) is -3.77. The van der Waals surface area contributed by atoms with E-state index in [4.69, 9.17) is 9.72 Å². The number of hydrogen-bond donors (Lipinski definition) is 4. The van der Waals surface area contributed by atoms with Gasteiger partial charge in [0.05, 0.1) is 17.4 Å². The molecular weight excluding hydrogens is 570 g/mol. The molecule has 2 aromatic heterocycles. The first-order valence-corrected chi connectivity index (χ1v) is 16.9. The van der Waals surface area contributed by atoms with E-state index < -0.39 is 15.6 Å². The molecule has 43 heavy (non-hydrogen) atoms. The number of nitrogens with one attached hydrogen (secondary N) is 3. The summed E-state index contributed by atoms with van der Waals surface area (Å²) in [6, 6.07) is 3.39. The molecular formula is C30H47N7O5S. The lowest BCUT2D eigenvalue weighted by atomic mass is 9.93. The van der Waals surface area contributed by atoms with E-state index in [2.05, 4.69) is 32.2 Å². The topological polar surface area (TPSA) is 159 Å². The van der Waals surface area contributed by atoms with Crippen LogP contribution in [-0.4, -0.2) is 83.4 Å². The van der Waals surface area contributed by atoms with E-state index in [-0.39, 0.29) is 35.6 Å². The molecule has 13 heteroatoms. The van der Waals surface area contributed by atoms with Crippen molar-refractivity contribution in [1.82, 2.24) is 24.6 Å². The summed E-state index contributed by atoms with van der Waals surface area (Å²) in [5, 5.41) is 16.7. The fourth-order valence-electron chi connectivity index (χ4n) is 5.21. The highest BCUT2D eigenvalue weighted by Gasteiger charge is 2.28. The largest absolute Gasteiger partial charge is 0.444 e. The molecule has 1 aliphatic carbocycles. The van der Waals surface area contributed by atoms with Crippen molar-refractivity contribution < 1.29 is 23.1 Å². The average Bonchev–Trinajstić information content (AvgIpc) is 2.97. The Morgan fingerprint density at radius 3 is 2.42 bits per heavy atom. The first kappa shape index (κ1) is 32.9. The van der Waals surface area contributed by atoms with Gasteiger partial charge in [-0.25, -0.2) is 22.9 Å². The van der Waals surface area contributed by atoms with E-state index in [1.165, 1.54) is 6.20 Å². The zero-order valence-corrected chi connectivity index (χ0v) is 26.6. The number of likely N-dealkylation sites (tertiary alicyclic amines) is 1. The van der Waals surface area contributed by atoms with Crippen LogP contribution in [0.15, 0.2) is 29.4 Å². The Bertz CT molecular complexity index is 1300. The second-order valence-corrected chi connectivity index (χ2v) is 14.3. The van der Waals surface area contributed by atoms with E-state index in [1.54, 1.807) is 23.2 Å². The molecule has 3 heterocycles. The molecule has 1 saturated heterocycles. The summed E-state index contributed by atoms with van der Waals surface area (Å²) in [6.07, 6.45) is 9.06. The molecule has 0 aromatic carbocycles. The highest BCUT2D eigenvalue weighted by Crippen LogP contribution is 2.29. The Morgan fingerprint density at radius 1 is 1.07 bits per heavy atom. The lowest BCUT2D eigenvalue weighted by Gasteiger charge is -2.33. The Balaban J connectivity index is 1.39. The Labute approximate surface area is 255 Å². The molecule has 2 aromatic rings. The highest BCUT2D eigenvalue weighted by atomic mass is 32.2. The number of carbonyl (C=O) groups excluding carboxylic acids is 1. The molecule has 0 unspecified atom stereocenters. The Morgan fingerprint density at radius 2 is 1.79 bits per heavy atom. The molecule has 0 atom stereocenters. The molecule has 0 radical (unpaired) electrons. The number of carbonyl (C=O) groups is 1. The number of rotatable bonds is 11. The summed E-state index contributed by atoms with van der Waals surface area (Å²) in [6.45, 7) is 9.76. The monoisotopic (exact) mass is 617 g/mol. The number of hydrogen-bond acceptors (Lipinski definition) is 10. The second-order valence-electron chi connectivity index (χ2n) is 12.5. The quantitative estimate of drug-likeness (QED) is 0.266. The van der Waals surface area contributed by atoms with Crippen LogP contribution in [-0.2, 0) is 14.8 Å². The molecule has 1 aliphatic heterocycles. The Hall–Kier alpha value is -3.03. The molecule has 2 fully saturated rings. The minimum Gasteiger partial charge on any atom is -0.444 e. The molecule has 4 N–H and O–H groups in total. The lowest BCUT2D eigenvalue weighted by Crippen LogP contribution is -2.43. The number of aliphatic hydroxyl groups excluding tert-OH is 1. The molecule has 0 spiro atoms. The van der Waals surface area contributed by atoms with E-state index in [1.807, 2.05) is 20.8 Å². The number of aliphatic hydroxyl groups is 1. The average molecular weight is 618 g/mol. The molecule has 2 aliphatic rings. The van der Waals surface area contributed by atoms with Gasteiger partial charge >= 0.3 is 6.09 Å². The number of piperidine rings is 1. The molecule has 0 bridgehead atoms. The van der Waals surface area contributed by atoms with Gasteiger partial charge in [-0.3, -0.25) is 4.98 Å². The van der Waals surface area contributed by atoms with E-state index in [0.29, 0.717) is 49.0 Å². The van der Waals surface area contributed by atoms with Crippen LogP contribution in [0.4, 0.5) is 16.6 Å². The molecule has 238 valence electrons. The van der Waals surface area contributed by atoms with Crippen molar-refractivity contribution in [3.05, 3.63) is 24.5 Å². The van der Waals surface area contributed by atoms with Gasteiger partial charge < -0.3 is 25.4 Å². The fourth-order valence-corrected chi connectivity index (χ4v) is 6.27. The van der Waals surface area contributed by atoms with E-state index in [9.17, 15) is 18.3 Å². The molecule has 4 rings (SSSR count). The van der Waals surface area contributed by atoms with Crippen molar-refractivity contribution in [3.8, 4) is 11.3 Å². The van der Waals surface area contributed by atoms with Crippen LogP contribution >= 0.6 is 0 Å². The number of aromatic nitrogens is 3. The first-order valence-electron chi connectivity index (χ1n) is 15.4. The van der Waals surface area contributed by atoms with Gasteiger partial charge in [0.2, 0.25) is 16.0 Å². The van der Waals surface area contributed by atoms with Crippen molar-refractivity contribution in [2.75, 3.05) is 36.8 Å². The summed E-state index contributed by atoms with van der Waals surface area (Å²) in [4.78, 5) is 27.8. The normalized spacial score (nSPS) is 20.1. The summed E-state index contributed by atoms with van der Waals surface area (Å²) in [5.74, 6) is 1.28. The van der Waals surface area contributed by atoms with Gasteiger partial charge in [0.15, 0.2) is 0 Å². The number of unbranched alkanes of at least 4 members (excludes halogenated alkanes) is 1. The van der Waals surface area contributed by atoms with Crippen molar-refractivity contribution in [3.63, 3.8) is 0 Å². The van der Waals surface area contributed by atoms with Gasteiger partial charge in [-0.15, -0.1) is 0 Å². The van der Waals surface area contributed by atoms with Crippen LogP contribution < -0.4 is 15.4 Å². The van der Waals surface area contributed by atoms with Crippen LogP contribution in [0.5, 0.6) is 0 Å². The minimum absolute atomic E-state index is 0.0805. The fraction of sp³-hybridized carbons (Fsp3) is 0.667. The third-order valence-electron chi connectivity index (χ3n) is 7.79. The van der Waals surface area contributed by atoms with Gasteiger partial charge in [0.25, 0.3) is 0 Å². The third kappa shape index (κ3) is 9.73. The molecule has 1 saturated carbocycles. The number of anilines is 2. The number of amides is 1. The van der Waals surface area contributed by atoms with Gasteiger partial charge in [0, 0.05) is 44.6 Å². The third-order valence-corrected chi connectivity index (χ3v) is 9.20. The summed E-state index contributed by atoms with van der Waals surface area (Å²) >= 11 is 0. The van der Waals surface area contributed by atoms with Crippen LogP contribution in [0, 0.1) is 5.92 Å². The summed E-state index contributed by atoms with van der Waals surface area (Å²) < 4.78 is 34.3. The molecule has 1 amide bonds. The van der Waals surface area contributed by atoms with Crippen molar-refractivity contribution >= 4 is 27.9 Å². The maximum absolute atomic E-state index is 13.1. The highest BCUT2D eigenvalue weighted by molar-refractivity contribution is 7.89. The van der Waals surface area contributed by atoms with Gasteiger partial charge in [0.1, 0.15) is 16.3 Å². The number of pyridine rings is 1. The number of ether oxygens (including phenoxy) is 1. The maximum atomic E-state index is 13.1. The number of sulfonamides is 1. The lowest BCUT2D eigenvalue weighted by molar-refractivity contribution is 0.0185. The SMILES string of the molecule is CCCCNc1ncc(-c2ccc(S(=O)(=O)NCC3CCN(C(=O)OC(C)(C)C)CC3)cn2)c(NC2CCC(O)CC2)n1. The predicted molar refractivity (Wildman–Crippen MR) is 166 cm³/mol. The van der Waals surface area contributed by atoms with E-state index in [0.717, 1.165) is 45.1 Å². The summed E-state index contributed by atoms with van der Waals surface area (Å²) in [5.41, 5.74) is 0.695. The molecule has 12 nitrogen and oxygen atoms in total. The van der Waals surface area contributed by atoms with Gasteiger partial charge in [-0.05, 0) is 83.8 Å². The first-order chi connectivity index (χ1) is 20.4. The zero-order chi connectivity index (χ0) is 31.0. The number of nitrogens with zero attached hydrogens (tertiary/aromatic N) is 4. The minimum atomic E-state index is -3.77. The van der Waals surface area contributed by atoms with Crippen molar-refractivity contribution in [1.29, 1.82) is 0 Å². The Kier molecular flexibility index (Phi) is 11.2. The van der Waals surface area contributed by atoms with Crippen LogP contribution in [0.1, 0.15) is 79.1 Å². The van der Waals surface area contributed by atoms with E-state index >= 15 is 0 Å². The predicted octanol–water partition coefficient (Wildman–Crippen LogP) is 4.39. The van der Waals surface area contributed by atoms with Crippen molar-refractivity contribution in [2.45, 2.75) is 102 Å².